The molecular weight excluding hydrogens is 528 g/mol. The van der Waals surface area contributed by atoms with Crippen LogP contribution in [-0.4, -0.2) is 35.2 Å². The van der Waals surface area contributed by atoms with E-state index in [1.54, 1.807) is 47.0 Å². The van der Waals surface area contributed by atoms with Gasteiger partial charge in [-0.25, -0.2) is 9.59 Å². The fourth-order valence-corrected chi connectivity index (χ4v) is 6.17. The molecule has 5 aromatic rings. The highest BCUT2D eigenvalue weighted by Gasteiger charge is 2.26. The standard InChI is InChI=1S/C30H31ClN6O3/c1-18-23(14-20(31)16-32-18)28(38)33-21-10-8-19(9-11-21)17-36-25-6-4-5-7-26(25)37(30(36)40)22-12-13-24-27(15-22)35(3)29(39)34(24)2/h4-7,12-16,19,21H,8-11,17H2,1-3H3,(H,33,38)/t19-,21-. The zero-order chi connectivity index (χ0) is 28.1. The zero-order valence-electron chi connectivity index (χ0n) is 22.7. The van der Waals surface area contributed by atoms with Crippen LogP contribution in [0.1, 0.15) is 41.7 Å². The summed E-state index contributed by atoms with van der Waals surface area (Å²) in [6.07, 6.45) is 5.04. The molecule has 3 heterocycles. The molecule has 1 N–H and O–H groups in total. The Morgan fingerprint density at radius 1 is 0.925 bits per heavy atom. The first-order valence-electron chi connectivity index (χ1n) is 13.5. The molecule has 1 saturated carbocycles. The molecule has 1 amide bonds. The van der Waals surface area contributed by atoms with Crippen LogP contribution < -0.4 is 16.7 Å². The van der Waals surface area contributed by atoms with Gasteiger partial charge in [-0.1, -0.05) is 23.7 Å². The number of halogens is 1. The molecule has 2 aromatic carbocycles. The highest BCUT2D eigenvalue weighted by molar-refractivity contribution is 6.30. The molecular formula is C30H31ClN6O3. The molecule has 40 heavy (non-hydrogen) atoms. The lowest BCUT2D eigenvalue weighted by Crippen LogP contribution is -2.39. The van der Waals surface area contributed by atoms with E-state index in [1.807, 2.05) is 47.0 Å². The monoisotopic (exact) mass is 558 g/mol. The van der Waals surface area contributed by atoms with Crippen LogP contribution >= 0.6 is 11.6 Å². The first-order valence-corrected chi connectivity index (χ1v) is 13.9. The largest absolute Gasteiger partial charge is 0.349 e. The van der Waals surface area contributed by atoms with Crippen molar-refractivity contribution in [2.45, 2.75) is 45.2 Å². The molecule has 1 aliphatic rings. The van der Waals surface area contributed by atoms with Crippen molar-refractivity contribution < 1.29 is 4.79 Å². The van der Waals surface area contributed by atoms with Crippen LogP contribution in [0.3, 0.4) is 0 Å². The van der Waals surface area contributed by atoms with E-state index in [0.717, 1.165) is 53.4 Å². The molecule has 0 atom stereocenters. The third-order valence-corrected chi connectivity index (χ3v) is 8.48. The minimum atomic E-state index is -0.150. The number of hydrogen-bond acceptors (Lipinski definition) is 4. The number of para-hydroxylation sites is 2. The van der Waals surface area contributed by atoms with Crippen LogP contribution in [-0.2, 0) is 20.6 Å². The van der Waals surface area contributed by atoms with E-state index in [-0.39, 0.29) is 23.3 Å². The topological polar surface area (TPSA) is 95.8 Å². The van der Waals surface area contributed by atoms with Gasteiger partial charge in [0.05, 0.1) is 44.0 Å². The van der Waals surface area contributed by atoms with E-state index in [0.29, 0.717) is 28.7 Å². The third kappa shape index (κ3) is 4.44. The van der Waals surface area contributed by atoms with Gasteiger partial charge >= 0.3 is 11.4 Å². The van der Waals surface area contributed by atoms with E-state index in [1.165, 1.54) is 0 Å². The number of fused-ring (bicyclic) bond motifs is 2. The van der Waals surface area contributed by atoms with Gasteiger partial charge in [-0.05, 0) is 74.9 Å². The summed E-state index contributed by atoms with van der Waals surface area (Å²) in [6.45, 7) is 2.41. The fraction of sp³-hybridized carbons (Fsp3) is 0.333. The zero-order valence-corrected chi connectivity index (χ0v) is 23.5. The van der Waals surface area contributed by atoms with Gasteiger partial charge in [0.1, 0.15) is 0 Å². The molecule has 10 heteroatoms. The number of imidazole rings is 2. The van der Waals surface area contributed by atoms with E-state index >= 15 is 0 Å². The molecule has 0 saturated heterocycles. The van der Waals surface area contributed by atoms with E-state index in [4.69, 9.17) is 11.6 Å². The maximum Gasteiger partial charge on any atom is 0.333 e. The van der Waals surface area contributed by atoms with Gasteiger partial charge in [0, 0.05) is 32.9 Å². The number of carbonyl (C=O) groups excluding carboxylic acids is 1. The molecule has 0 unspecified atom stereocenters. The molecule has 3 aromatic heterocycles. The van der Waals surface area contributed by atoms with Crippen LogP contribution in [0.2, 0.25) is 5.02 Å². The number of hydrogen-bond donors (Lipinski definition) is 1. The average Bonchev–Trinajstić information content (AvgIpc) is 3.35. The number of aromatic nitrogens is 5. The number of rotatable bonds is 5. The van der Waals surface area contributed by atoms with E-state index in [2.05, 4.69) is 10.3 Å². The van der Waals surface area contributed by atoms with Crippen molar-refractivity contribution >= 4 is 39.6 Å². The van der Waals surface area contributed by atoms with Crippen molar-refractivity contribution in [1.82, 2.24) is 28.6 Å². The molecule has 0 aliphatic heterocycles. The Kier molecular flexibility index (Phi) is 6.62. The van der Waals surface area contributed by atoms with Crippen LogP contribution in [0.4, 0.5) is 0 Å². The Morgan fingerprint density at radius 2 is 1.62 bits per heavy atom. The predicted octanol–water partition coefficient (Wildman–Crippen LogP) is 4.33. The highest BCUT2D eigenvalue weighted by atomic mass is 35.5. The number of nitrogens with one attached hydrogen (secondary N) is 1. The molecule has 0 spiro atoms. The Morgan fingerprint density at radius 3 is 2.38 bits per heavy atom. The number of aryl methyl sites for hydroxylation is 3. The summed E-state index contributed by atoms with van der Waals surface area (Å²) in [6, 6.07) is 15.2. The molecule has 1 aliphatic carbocycles. The molecule has 6 rings (SSSR count). The maximum absolute atomic E-state index is 13.9. The Bertz CT molecular complexity index is 1890. The van der Waals surface area contributed by atoms with Crippen LogP contribution in [0.25, 0.3) is 27.8 Å². The van der Waals surface area contributed by atoms with Crippen molar-refractivity contribution in [3.63, 3.8) is 0 Å². The third-order valence-electron chi connectivity index (χ3n) is 8.27. The minimum Gasteiger partial charge on any atom is -0.349 e. The van der Waals surface area contributed by atoms with E-state index in [9.17, 15) is 14.4 Å². The summed E-state index contributed by atoms with van der Waals surface area (Å²) >= 11 is 6.05. The number of carbonyl (C=O) groups is 1. The summed E-state index contributed by atoms with van der Waals surface area (Å²) in [7, 11) is 3.49. The van der Waals surface area contributed by atoms with Gasteiger partial charge < -0.3 is 5.32 Å². The maximum atomic E-state index is 13.9. The summed E-state index contributed by atoms with van der Waals surface area (Å²) in [5, 5.41) is 3.58. The smallest absolute Gasteiger partial charge is 0.333 e. The van der Waals surface area contributed by atoms with Crippen molar-refractivity contribution in [1.29, 1.82) is 0 Å². The lowest BCUT2D eigenvalue weighted by atomic mass is 9.85. The minimum absolute atomic E-state index is 0.0736. The second-order valence-electron chi connectivity index (χ2n) is 10.8. The highest BCUT2D eigenvalue weighted by Crippen LogP contribution is 2.28. The van der Waals surface area contributed by atoms with Gasteiger partial charge in [-0.3, -0.25) is 28.0 Å². The number of nitrogens with zero attached hydrogens (tertiary/aromatic N) is 5. The second-order valence-corrected chi connectivity index (χ2v) is 11.2. The summed E-state index contributed by atoms with van der Waals surface area (Å²) in [4.78, 5) is 43.3. The molecule has 206 valence electrons. The first kappa shape index (κ1) is 26.1. The fourth-order valence-electron chi connectivity index (χ4n) is 6.02. The lowest BCUT2D eigenvalue weighted by Gasteiger charge is -2.29. The van der Waals surface area contributed by atoms with Gasteiger partial charge in [-0.2, -0.15) is 0 Å². The number of pyridine rings is 1. The Hall–Kier alpha value is -4.11. The van der Waals surface area contributed by atoms with Gasteiger partial charge in [-0.15, -0.1) is 0 Å². The Labute approximate surface area is 235 Å². The number of amides is 1. The number of benzene rings is 2. The van der Waals surface area contributed by atoms with Crippen LogP contribution in [0.5, 0.6) is 0 Å². The summed E-state index contributed by atoms with van der Waals surface area (Å²) in [5.74, 6) is 0.167. The average molecular weight is 559 g/mol. The van der Waals surface area contributed by atoms with Gasteiger partial charge in [0.25, 0.3) is 5.91 Å². The van der Waals surface area contributed by atoms with Crippen LogP contribution in [0, 0.1) is 12.8 Å². The molecule has 0 radical (unpaired) electrons. The van der Waals surface area contributed by atoms with Crippen molar-refractivity contribution in [2.75, 3.05) is 0 Å². The molecule has 0 bridgehead atoms. The first-order chi connectivity index (χ1) is 19.2. The summed E-state index contributed by atoms with van der Waals surface area (Å²) < 4.78 is 6.81. The van der Waals surface area contributed by atoms with Gasteiger partial charge in [0.15, 0.2) is 0 Å². The normalized spacial score (nSPS) is 17.5. The second kappa shape index (κ2) is 10.1. The SMILES string of the molecule is Cc1ncc(Cl)cc1C(=O)N[C@H]1CC[C@H](Cn2c(=O)n(-c3ccc4c(c3)n(C)c(=O)n4C)c3ccccc32)CC1. The van der Waals surface area contributed by atoms with E-state index < -0.39 is 0 Å². The predicted molar refractivity (Wildman–Crippen MR) is 156 cm³/mol. The van der Waals surface area contributed by atoms with Gasteiger partial charge in [0.2, 0.25) is 0 Å². The van der Waals surface area contributed by atoms with Crippen LogP contribution in [0.15, 0.2) is 64.3 Å². The van der Waals surface area contributed by atoms with Crippen molar-refractivity contribution in [3.8, 4) is 5.69 Å². The van der Waals surface area contributed by atoms with Crippen molar-refractivity contribution in [3.05, 3.63) is 92.0 Å². The molecule has 1 fully saturated rings. The lowest BCUT2D eigenvalue weighted by molar-refractivity contribution is 0.0919. The quantitative estimate of drug-likeness (QED) is 0.347. The molecule has 9 nitrogen and oxygen atoms in total. The Balaban J connectivity index is 1.23. The summed E-state index contributed by atoms with van der Waals surface area (Å²) in [5.41, 5.74) is 4.99. The van der Waals surface area contributed by atoms with Crippen molar-refractivity contribution in [2.24, 2.45) is 20.0 Å².